The number of benzene rings is 1. The highest BCUT2D eigenvalue weighted by molar-refractivity contribution is 6.27. The van der Waals surface area contributed by atoms with Crippen LogP contribution >= 0.6 is 11.6 Å². The number of fused-ring (bicyclic) bond motifs is 2. The maximum absolute atomic E-state index is 12.8. The number of nitrogens with two attached hydrogens (primary N) is 1. The second-order valence-corrected chi connectivity index (χ2v) is 9.24. The van der Waals surface area contributed by atoms with Crippen LogP contribution in [0.5, 0.6) is 0 Å². The van der Waals surface area contributed by atoms with Crippen LogP contribution in [0.3, 0.4) is 0 Å². The Morgan fingerprint density at radius 2 is 2.10 bits per heavy atom. The molecule has 0 radical (unpaired) electrons. The summed E-state index contributed by atoms with van der Waals surface area (Å²) in [5, 5.41) is 4.03. The molecule has 1 amide bonds. The fourth-order valence-electron chi connectivity index (χ4n) is 5.21. The number of halogens is 1. The maximum atomic E-state index is 12.8. The van der Waals surface area contributed by atoms with E-state index in [4.69, 9.17) is 22.1 Å². The third-order valence-electron chi connectivity index (χ3n) is 6.98. The first kappa shape index (κ1) is 19.2. The van der Waals surface area contributed by atoms with E-state index in [0.29, 0.717) is 23.9 Å². The minimum atomic E-state index is -0.421. The van der Waals surface area contributed by atoms with Crippen molar-refractivity contribution in [2.45, 2.75) is 23.9 Å². The fourth-order valence-corrected chi connectivity index (χ4v) is 5.73. The molecule has 3 fully saturated rings. The Labute approximate surface area is 175 Å². The summed E-state index contributed by atoms with van der Waals surface area (Å²) < 4.78 is 5.45. The number of hydrogen-bond acceptors (Lipinski definition) is 5. The Morgan fingerprint density at radius 3 is 2.86 bits per heavy atom. The number of pyridine rings is 1. The molecule has 2 aliphatic heterocycles. The summed E-state index contributed by atoms with van der Waals surface area (Å²) in [5.41, 5.74) is 7.86. The molecule has 0 bridgehead atoms. The van der Waals surface area contributed by atoms with Crippen molar-refractivity contribution >= 4 is 28.4 Å². The monoisotopic (exact) mass is 414 g/mol. The van der Waals surface area contributed by atoms with Crippen molar-refractivity contribution in [2.24, 2.45) is 23.5 Å². The van der Waals surface area contributed by atoms with Crippen LogP contribution in [0.15, 0.2) is 36.5 Å². The SMILES string of the molecule is NC1N(CC2CCOCC2)CC2C(CNC(=O)c3cccc4cccnc34)C21Cl. The molecule has 7 heteroatoms. The van der Waals surface area contributed by atoms with Crippen LogP contribution in [0.1, 0.15) is 23.2 Å². The summed E-state index contributed by atoms with van der Waals surface area (Å²) in [7, 11) is 0. The molecule has 4 unspecified atom stereocenters. The Kier molecular flexibility index (Phi) is 4.98. The van der Waals surface area contributed by atoms with Crippen molar-refractivity contribution < 1.29 is 9.53 Å². The van der Waals surface area contributed by atoms with Crippen molar-refractivity contribution in [3.8, 4) is 0 Å². The number of para-hydroxylation sites is 1. The van der Waals surface area contributed by atoms with Crippen LogP contribution < -0.4 is 11.1 Å². The maximum Gasteiger partial charge on any atom is 0.253 e. The lowest BCUT2D eigenvalue weighted by atomic mass is 9.99. The average Bonchev–Trinajstić information content (AvgIpc) is 3.24. The lowest BCUT2D eigenvalue weighted by molar-refractivity contribution is 0.0477. The number of likely N-dealkylation sites (tertiary alicyclic amines) is 1. The standard InChI is InChI=1S/C22H27ClN4O2/c23-22-17(18(22)13-27(21(22)24)12-14-6-9-29-10-7-14)11-26-20(28)16-5-1-3-15-4-2-8-25-19(15)16/h1-5,8,14,17-18,21H,6-7,9-13,24H2,(H,26,28). The molecule has 3 heterocycles. The minimum Gasteiger partial charge on any atom is -0.381 e. The second-order valence-electron chi connectivity index (χ2n) is 8.59. The molecule has 0 spiro atoms. The van der Waals surface area contributed by atoms with Crippen molar-refractivity contribution in [2.75, 3.05) is 32.8 Å². The first-order valence-corrected chi connectivity index (χ1v) is 10.8. The van der Waals surface area contributed by atoms with Crippen LogP contribution in [0, 0.1) is 17.8 Å². The van der Waals surface area contributed by atoms with E-state index in [9.17, 15) is 4.79 Å². The molecular formula is C22H27ClN4O2. The number of rotatable bonds is 5. The van der Waals surface area contributed by atoms with Gasteiger partial charge in [-0.2, -0.15) is 0 Å². The van der Waals surface area contributed by atoms with Crippen LogP contribution in [0.25, 0.3) is 10.9 Å². The number of amides is 1. The average molecular weight is 415 g/mol. The molecule has 1 saturated carbocycles. The number of carbonyl (C=O) groups excluding carboxylic acids is 1. The molecule has 1 aromatic heterocycles. The smallest absolute Gasteiger partial charge is 0.253 e. The van der Waals surface area contributed by atoms with Crippen molar-refractivity contribution in [1.29, 1.82) is 0 Å². The summed E-state index contributed by atoms with van der Waals surface area (Å²) in [4.78, 5) is 19.1. The summed E-state index contributed by atoms with van der Waals surface area (Å²) in [5.74, 6) is 1.10. The number of carbonyl (C=O) groups is 1. The van der Waals surface area contributed by atoms with E-state index in [1.165, 1.54) is 0 Å². The lowest BCUT2D eigenvalue weighted by Gasteiger charge is -2.33. The van der Waals surface area contributed by atoms with Crippen LogP contribution in [0.2, 0.25) is 0 Å². The largest absolute Gasteiger partial charge is 0.381 e. The molecule has 1 aliphatic carbocycles. The van der Waals surface area contributed by atoms with Crippen LogP contribution in [-0.4, -0.2) is 59.7 Å². The van der Waals surface area contributed by atoms with Crippen LogP contribution in [0.4, 0.5) is 0 Å². The topological polar surface area (TPSA) is 80.5 Å². The van der Waals surface area contributed by atoms with Crippen molar-refractivity contribution in [3.63, 3.8) is 0 Å². The molecule has 1 aromatic carbocycles. The molecular weight excluding hydrogens is 388 g/mol. The third kappa shape index (κ3) is 3.32. The van der Waals surface area contributed by atoms with Gasteiger partial charge in [-0.25, -0.2) is 0 Å². The molecule has 5 rings (SSSR count). The molecule has 3 aliphatic rings. The van der Waals surface area contributed by atoms with Gasteiger partial charge in [0.1, 0.15) is 0 Å². The number of piperidine rings is 1. The third-order valence-corrected chi connectivity index (χ3v) is 7.77. The fraction of sp³-hybridized carbons (Fsp3) is 0.545. The summed E-state index contributed by atoms with van der Waals surface area (Å²) in [6, 6.07) is 9.50. The molecule has 3 N–H and O–H groups in total. The molecule has 6 nitrogen and oxygen atoms in total. The number of aromatic nitrogens is 1. The van der Waals surface area contributed by atoms with Gasteiger partial charge in [0.25, 0.3) is 5.91 Å². The number of alkyl halides is 1. The quantitative estimate of drug-likeness (QED) is 0.733. The summed E-state index contributed by atoms with van der Waals surface area (Å²) >= 11 is 6.94. The molecule has 2 saturated heterocycles. The number of nitrogens with zero attached hydrogens (tertiary/aromatic N) is 2. The predicted molar refractivity (Wildman–Crippen MR) is 113 cm³/mol. The highest BCUT2D eigenvalue weighted by Crippen LogP contribution is 2.62. The Bertz CT molecular complexity index is 913. The first-order valence-electron chi connectivity index (χ1n) is 10.5. The lowest BCUT2D eigenvalue weighted by Crippen LogP contribution is -2.49. The highest BCUT2D eigenvalue weighted by atomic mass is 35.5. The van der Waals surface area contributed by atoms with E-state index in [1.807, 2.05) is 30.3 Å². The van der Waals surface area contributed by atoms with Crippen LogP contribution in [-0.2, 0) is 4.74 Å². The Balaban J connectivity index is 1.19. The summed E-state index contributed by atoms with van der Waals surface area (Å²) in [6.45, 7) is 4.16. The zero-order chi connectivity index (χ0) is 20.0. The normalized spacial score (nSPS) is 32.3. The van der Waals surface area contributed by atoms with Gasteiger partial charge in [0.2, 0.25) is 0 Å². The van der Waals surface area contributed by atoms with Gasteiger partial charge in [-0.3, -0.25) is 14.7 Å². The zero-order valence-electron chi connectivity index (χ0n) is 16.4. The number of hydrogen-bond donors (Lipinski definition) is 2. The first-order chi connectivity index (χ1) is 14.1. The van der Waals surface area contributed by atoms with Gasteiger partial charge in [-0.1, -0.05) is 18.2 Å². The number of ether oxygens (including phenoxy) is 1. The van der Waals surface area contributed by atoms with Crippen molar-refractivity contribution in [1.82, 2.24) is 15.2 Å². The second kappa shape index (κ2) is 7.51. The highest BCUT2D eigenvalue weighted by Gasteiger charge is 2.72. The van der Waals surface area contributed by atoms with Gasteiger partial charge in [0.15, 0.2) is 0 Å². The molecule has 2 aromatic rings. The minimum absolute atomic E-state index is 0.104. The van der Waals surface area contributed by atoms with E-state index >= 15 is 0 Å². The molecule has 4 atom stereocenters. The van der Waals surface area contributed by atoms with E-state index in [2.05, 4.69) is 15.2 Å². The Hall–Kier alpha value is -1.73. The van der Waals surface area contributed by atoms with Crippen molar-refractivity contribution in [3.05, 3.63) is 42.1 Å². The van der Waals surface area contributed by atoms with Gasteiger partial charge >= 0.3 is 0 Å². The van der Waals surface area contributed by atoms with Gasteiger partial charge < -0.3 is 15.8 Å². The van der Waals surface area contributed by atoms with Gasteiger partial charge in [0, 0.05) is 56.3 Å². The Morgan fingerprint density at radius 1 is 1.31 bits per heavy atom. The van der Waals surface area contributed by atoms with E-state index in [1.54, 1.807) is 6.20 Å². The van der Waals surface area contributed by atoms with Gasteiger partial charge in [-0.05, 0) is 30.9 Å². The van der Waals surface area contributed by atoms with E-state index in [0.717, 1.165) is 50.0 Å². The van der Waals surface area contributed by atoms with E-state index in [-0.39, 0.29) is 18.0 Å². The molecule has 154 valence electrons. The molecule has 29 heavy (non-hydrogen) atoms. The summed E-state index contributed by atoms with van der Waals surface area (Å²) in [6.07, 6.45) is 3.76. The predicted octanol–water partition coefficient (Wildman–Crippen LogP) is 2.22. The van der Waals surface area contributed by atoms with Gasteiger partial charge in [0.05, 0.1) is 22.1 Å². The number of nitrogens with one attached hydrogen (secondary N) is 1. The van der Waals surface area contributed by atoms with E-state index < -0.39 is 4.87 Å². The van der Waals surface area contributed by atoms with Gasteiger partial charge in [-0.15, -0.1) is 11.6 Å². The zero-order valence-corrected chi connectivity index (χ0v) is 17.1.